The Morgan fingerprint density at radius 2 is 1.70 bits per heavy atom. The van der Waals surface area contributed by atoms with Crippen LogP contribution in [0.1, 0.15) is 29.4 Å². The summed E-state index contributed by atoms with van der Waals surface area (Å²) in [5.74, 6) is 0.850. The van der Waals surface area contributed by atoms with Gasteiger partial charge in [0.05, 0.1) is 17.1 Å². The van der Waals surface area contributed by atoms with Crippen LogP contribution in [0.3, 0.4) is 0 Å². The van der Waals surface area contributed by atoms with Gasteiger partial charge >= 0.3 is 0 Å². The van der Waals surface area contributed by atoms with E-state index in [0.717, 1.165) is 40.0 Å². The number of hydrogen-bond donors (Lipinski definition) is 0. The molecule has 0 spiro atoms. The van der Waals surface area contributed by atoms with E-state index < -0.39 is 0 Å². The summed E-state index contributed by atoms with van der Waals surface area (Å²) in [6, 6.07) is 27.6. The summed E-state index contributed by atoms with van der Waals surface area (Å²) < 4.78 is 9.61. The van der Waals surface area contributed by atoms with Gasteiger partial charge in [-0.1, -0.05) is 49.4 Å². The summed E-state index contributed by atoms with van der Waals surface area (Å²) in [5, 5.41) is 6.09. The first-order chi connectivity index (χ1) is 18.0. The number of aryl methyl sites for hydroxylation is 2. The fraction of sp³-hybridized carbons (Fsp3) is 0.129. The van der Waals surface area contributed by atoms with Gasteiger partial charge in [0.2, 0.25) is 5.82 Å². The molecule has 0 saturated carbocycles. The molecule has 0 atom stereocenters. The van der Waals surface area contributed by atoms with E-state index in [1.807, 2.05) is 48.5 Å². The predicted octanol–water partition coefficient (Wildman–Crippen LogP) is 6.66. The molecule has 3 aromatic carbocycles. The second kappa shape index (κ2) is 9.06. The molecule has 0 bridgehead atoms. The van der Waals surface area contributed by atoms with Crippen LogP contribution in [-0.4, -0.2) is 20.4 Å². The minimum absolute atomic E-state index is 0.249. The molecule has 0 saturated heterocycles. The van der Waals surface area contributed by atoms with E-state index in [1.54, 1.807) is 12.3 Å². The molecule has 3 heterocycles. The van der Waals surface area contributed by atoms with Crippen molar-refractivity contribution >= 4 is 28.1 Å². The van der Waals surface area contributed by atoms with Crippen molar-refractivity contribution in [2.45, 2.75) is 27.2 Å². The van der Waals surface area contributed by atoms with Gasteiger partial charge in [-0.05, 0) is 68.3 Å². The van der Waals surface area contributed by atoms with E-state index in [4.69, 9.17) is 9.40 Å². The Morgan fingerprint density at radius 1 is 0.946 bits per heavy atom. The summed E-state index contributed by atoms with van der Waals surface area (Å²) in [7, 11) is 0. The van der Waals surface area contributed by atoms with Crippen molar-refractivity contribution in [2.24, 2.45) is 5.10 Å². The largest absolute Gasteiger partial charge is 0.453 e. The molecule has 182 valence electrons. The quantitative estimate of drug-likeness (QED) is 0.256. The topological polar surface area (TPSA) is 65.3 Å². The van der Waals surface area contributed by atoms with Crippen molar-refractivity contribution in [3.8, 4) is 17.3 Å². The summed E-state index contributed by atoms with van der Waals surface area (Å²) in [6.45, 7) is 6.28. The highest BCUT2D eigenvalue weighted by atomic mass is 16.3. The van der Waals surface area contributed by atoms with Crippen LogP contribution in [0.15, 0.2) is 99.2 Å². The fourth-order valence-corrected chi connectivity index (χ4v) is 4.80. The molecular formula is C31H26N4O2. The Labute approximate surface area is 214 Å². The highest BCUT2D eigenvalue weighted by Gasteiger charge is 2.17. The van der Waals surface area contributed by atoms with Gasteiger partial charge in [-0.15, -0.1) is 0 Å². The zero-order valence-electron chi connectivity index (χ0n) is 21.0. The Balaban J connectivity index is 1.49. The normalized spacial score (nSPS) is 11.8. The minimum Gasteiger partial charge on any atom is -0.453 e. The summed E-state index contributed by atoms with van der Waals surface area (Å²) >= 11 is 0. The van der Waals surface area contributed by atoms with Gasteiger partial charge in [-0.25, -0.2) is 4.98 Å². The van der Waals surface area contributed by atoms with Crippen molar-refractivity contribution < 1.29 is 4.42 Å². The number of rotatable bonds is 5. The third-order valence-corrected chi connectivity index (χ3v) is 6.79. The van der Waals surface area contributed by atoms with Crippen molar-refractivity contribution in [1.82, 2.24) is 14.2 Å². The Bertz CT molecular complexity index is 1820. The summed E-state index contributed by atoms with van der Waals surface area (Å²) in [5.41, 5.74) is 6.53. The molecule has 0 aliphatic rings. The molecule has 6 heteroatoms. The zero-order chi connectivity index (χ0) is 25.5. The lowest BCUT2D eigenvalue weighted by atomic mass is 10.1. The van der Waals surface area contributed by atoms with Crippen LogP contribution < -0.4 is 5.56 Å². The van der Waals surface area contributed by atoms with Gasteiger partial charge < -0.3 is 8.98 Å². The first kappa shape index (κ1) is 22.7. The molecule has 0 amide bonds. The third-order valence-electron chi connectivity index (χ3n) is 6.79. The zero-order valence-corrected chi connectivity index (χ0v) is 21.0. The molecule has 3 aromatic heterocycles. The second-order valence-electron chi connectivity index (χ2n) is 9.14. The number of para-hydroxylation sites is 2. The number of hydrogen-bond acceptors (Lipinski definition) is 4. The molecule has 37 heavy (non-hydrogen) atoms. The highest BCUT2D eigenvalue weighted by molar-refractivity contribution is 5.85. The lowest BCUT2D eigenvalue weighted by Crippen LogP contribution is -2.20. The lowest BCUT2D eigenvalue weighted by molar-refractivity contribution is 0.616. The molecule has 0 fully saturated rings. The van der Waals surface area contributed by atoms with Gasteiger partial charge in [-0.3, -0.25) is 4.79 Å². The Hall–Kier alpha value is -4.71. The first-order valence-electron chi connectivity index (χ1n) is 12.4. The van der Waals surface area contributed by atoms with E-state index in [-0.39, 0.29) is 5.56 Å². The van der Waals surface area contributed by atoms with Crippen molar-refractivity contribution in [1.29, 1.82) is 0 Å². The van der Waals surface area contributed by atoms with Crippen LogP contribution in [-0.2, 0) is 6.42 Å². The van der Waals surface area contributed by atoms with Crippen LogP contribution in [0.25, 0.3) is 39.1 Å². The Morgan fingerprint density at radius 3 is 2.49 bits per heavy atom. The SMILES string of the molecule is CCc1ccc(-n2c(C)cc(C=Nn3c(-c4cc5ccccc5o4)nc4ccccc4c3=O)c2C)cc1. The van der Waals surface area contributed by atoms with Gasteiger partial charge in [0.25, 0.3) is 5.56 Å². The highest BCUT2D eigenvalue weighted by Crippen LogP contribution is 2.27. The second-order valence-corrected chi connectivity index (χ2v) is 9.14. The fourth-order valence-electron chi connectivity index (χ4n) is 4.80. The smallest absolute Gasteiger partial charge is 0.282 e. The summed E-state index contributed by atoms with van der Waals surface area (Å²) in [4.78, 5) is 18.3. The predicted molar refractivity (Wildman–Crippen MR) is 149 cm³/mol. The number of benzene rings is 3. The van der Waals surface area contributed by atoms with Gasteiger partial charge in [0.1, 0.15) is 5.58 Å². The van der Waals surface area contributed by atoms with Crippen molar-refractivity contribution in [3.63, 3.8) is 0 Å². The van der Waals surface area contributed by atoms with Crippen LogP contribution in [0.4, 0.5) is 0 Å². The van der Waals surface area contributed by atoms with Crippen molar-refractivity contribution in [3.05, 3.63) is 118 Å². The minimum atomic E-state index is -0.249. The molecule has 0 aliphatic carbocycles. The molecule has 6 rings (SSSR count). The molecule has 0 radical (unpaired) electrons. The molecule has 0 unspecified atom stereocenters. The third kappa shape index (κ3) is 3.96. The number of furan rings is 1. The van der Waals surface area contributed by atoms with Crippen LogP contribution in [0, 0.1) is 13.8 Å². The number of nitrogens with zero attached hydrogens (tertiary/aromatic N) is 4. The lowest BCUT2D eigenvalue weighted by Gasteiger charge is -2.10. The molecular weight excluding hydrogens is 460 g/mol. The average molecular weight is 487 g/mol. The molecule has 6 aromatic rings. The average Bonchev–Trinajstić information content (AvgIpc) is 3.48. The van der Waals surface area contributed by atoms with Gasteiger partial charge in [0.15, 0.2) is 5.76 Å². The molecule has 0 N–H and O–H groups in total. The molecule has 6 nitrogen and oxygen atoms in total. The van der Waals surface area contributed by atoms with Crippen molar-refractivity contribution in [2.75, 3.05) is 0 Å². The van der Waals surface area contributed by atoms with Gasteiger partial charge in [-0.2, -0.15) is 9.78 Å². The number of fused-ring (bicyclic) bond motifs is 2. The number of aromatic nitrogens is 3. The van der Waals surface area contributed by atoms with E-state index in [2.05, 4.69) is 60.8 Å². The standard InChI is InChI=1S/C31H26N4O2/c1-4-22-13-15-25(16-14-22)34-20(2)17-24(21(34)3)19-32-35-30(29-18-23-9-5-8-12-28(23)37-29)33-27-11-7-6-10-26(27)31(35)36/h5-19H,4H2,1-3H3. The van der Waals surface area contributed by atoms with E-state index in [9.17, 15) is 4.79 Å². The monoisotopic (exact) mass is 486 g/mol. The van der Waals surface area contributed by atoms with E-state index in [1.165, 1.54) is 10.2 Å². The van der Waals surface area contributed by atoms with E-state index in [0.29, 0.717) is 22.5 Å². The van der Waals surface area contributed by atoms with Crippen LogP contribution in [0.2, 0.25) is 0 Å². The Kier molecular flexibility index (Phi) is 5.57. The van der Waals surface area contributed by atoms with E-state index >= 15 is 0 Å². The maximum atomic E-state index is 13.6. The first-order valence-corrected chi connectivity index (χ1v) is 12.4. The molecule has 0 aliphatic heterocycles. The van der Waals surface area contributed by atoms with Crippen LogP contribution >= 0.6 is 0 Å². The maximum Gasteiger partial charge on any atom is 0.282 e. The van der Waals surface area contributed by atoms with Gasteiger partial charge in [0, 0.05) is 28.0 Å². The summed E-state index contributed by atoms with van der Waals surface area (Å²) in [6.07, 6.45) is 2.73. The maximum absolute atomic E-state index is 13.6. The van der Waals surface area contributed by atoms with Crippen LogP contribution in [0.5, 0.6) is 0 Å².